The number of methoxy groups -OCH3 is 5. The molecule has 2 rings (SSSR count). The number of Topliss-reactive ketones (excluding diaryl/α,β-unsaturated/α-hetero) is 1. The number of rotatable bonds is 8. The number of alkyl halides is 1. The van der Waals surface area contributed by atoms with Crippen LogP contribution in [0.3, 0.4) is 0 Å². The zero-order valence-electron chi connectivity index (χ0n) is 16.3. The lowest BCUT2D eigenvalue weighted by Crippen LogP contribution is -2.44. The molecule has 8 heteroatoms. The number of aryl methyl sites for hydroxylation is 1. The number of ketones is 1. The lowest BCUT2D eigenvalue weighted by atomic mass is 9.77. The van der Waals surface area contributed by atoms with Gasteiger partial charge in [0.15, 0.2) is 17.3 Å². The van der Waals surface area contributed by atoms with E-state index in [4.69, 9.17) is 35.3 Å². The van der Waals surface area contributed by atoms with Gasteiger partial charge in [-0.2, -0.15) is 0 Å². The molecule has 0 fully saturated rings. The van der Waals surface area contributed by atoms with Crippen LogP contribution in [0.5, 0.6) is 17.2 Å². The van der Waals surface area contributed by atoms with Gasteiger partial charge in [0.1, 0.15) is 16.7 Å². The normalized spacial score (nSPS) is 21.4. The van der Waals surface area contributed by atoms with Crippen LogP contribution in [-0.2, 0) is 9.47 Å². The van der Waals surface area contributed by atoms with Gasteiger partial charge in [-0.05, 0) is 24.6 Å². The summed E-state index contributed by atoms with van der Waals surface area (Å²) in [7, 11) is 7.45. The molecule has 0 radical (unpaired) electrons. The molecule has 148 valence electrons. The number of ether oxygens (including phenoxy) is 5. The maximum absolute atomic E-state index is 13.7. The first-order chi connectivity index (χ1) is 12.9. The Hall–Kier alpha value is -2.25. The van der Waals surface area contributed by atoms with Crippen LogP contribution in [-0.4, -0.2) is 59.7 Å². The maximum Gasteiger partial charge on any atom is 0.204 e. The third-order valence-electron chi connectivity index (χ3n) is 4.45. The van der Waals surface area contributed by atoms with E-state index in [1.165, 1.54) is 41.8 Å². The van der Waals surface area contributed by atoms with Crippen LogP contribution in [0.1, 0.15) is 15.9 Å². The van der Waals surface area contributed by atoms with Crippen molar-refractivity contribution < 1.29 is 28.5 Å². The largest absolute Gasteiger partial charge is 0.495 e. The predicted molar refractivity (Wildman–Crippen MR) is 103 cm³/mol. The second-order valence-corrected chi connectivity index (χ2v) is 6.42. The molecule has 2 atom stereocenters. The molecule has 0 aromatic heterocycles. The molecule has 1 aromatic rings. The minimum absolute atomic E-state index is 0.0150. The van der Waals surface area contributed by atoms with Crippen molar-refractivity contribution in [1.29, 1.82) is 0 Å². The number of hydrogen-bond acceptors (Lipinski definition) is 7. The van der Waals surface area contributed by atoms with Crippen LogP contribution in [0.25, 0.3) is 0 Å². The Balaban J connectivity index is 2.74. The number of halogens is 1. The SMILES string of the molecule is COCC1(C(=O)c2c(C)cc(OC)c(OC)c2OC)C=C(OC)C=NC1Cl. The number of aliphatic imine (C=N–C) groups is 1. The highest BCUT2D eigenvalue weighted by molar-refractivity contribution is 6.25. The molecule has 0 N–H and O–H groups in total. The van der Waals surface area contributed by atoms with E-state index in [-0.39, 0.29) is 18.1 Å². The number of allylic oxidation sites excluding steroid dienone is 1. The van der Waals surface area contributed by atoms with Crippen molar-refractivity contribution in [2.75, 3.05) is 42.2 Å². The molecule has 1 heterocycles. The molecule has 0 bridgehead atoms. The van der Waals surface area contributed by atoms with Crippen LogP contribution in [0.4, 0.5) is 0 Å². The lowest BCUT2D eigenvalue weighted by Gasteiger charge is -2.34. The topological polar surface area (TPSA) is 75.6 Å². The van der Waals surface area contributed by atoms with E-state index < -0.39 is 10.9 Å². The predicted octanol–water partition coefficient (Wildman–Crippen LogP) is 3.02. The van der Waals surface area contributed by atoms with Crippen molar-refractivity contribution in [2.45, 2.75) is 12.4 Å². The number of benzene rings is 1. The van der Waals surface area contributed by atoms with Gasteiger partial charge in [0, 0.05) is 7.11 Å². The van der Waals surface area contributed by atoms with Gasteiger partial charge in [-0.25, -0.2) is 0 Å². The number of carbonyl (C=O) groups excluding carboxylic acids is 1. The Morgan fingerprint density at radius 2 is 1.78 bits per heavy atom. The molecule has 0 aliphatic carbocycles. The zero-order chi connectivity index (χ0) is 20.2. The first-order valence-electron chi connectivity index (χ1n) is 8.17. The Morgan fingerprint density at radius 3 is 2.30 bits per heavy atom. The standard InChI is InChI=1S/C19H24ClNO6/c1-11-7-13(25-4)15(26-5)16(27-6)14(11)17(22)19(10-23-2)8-12(24-3)9-21-18(19)20/h7-9,18H,10H2,1-6H3. The van der Waals surface area contributed by atoms with Crippen molar-refractivity contribution in [1.82, 2.24) is 0 Å². The van der Waals surface area contributed by atoms with Gasteiger partial charge in [0.25, 0.3) is 0 Å². The first-order valence-corrected chi connectivity index (χ1v) is 8.61. The van der Waals surface area contributed by atoms with Crippen LogP contribution >= 0.6 is 11.6 Å². The Labute approximate surface area is 163 Å². The van der Waals surface area contributed by atoms with Crippen LogP contribution in [0.2, 0.25) is 0 Å². The summed E-state index contributed by atoms with van der Waals surface area (Å²) in [6, 6.07) is 1.71. The van der Waals surface area contributed by atoms with E-state index in [0.29, 0.717) is 28.4 Å². The fourth-order valence-corrected chi connectivity index (χ4v) is 3.41. The molecule has 0 saturated carbocycles. The quantitative estimate of drug-likeness (QED) is 0.381. The van der Waals surface area contributed by atoms with Crippen LogP contribution in [0.15, 0.2) is 22.9 Å². The highest BCUT2D eigenvalue weighted by Gasteiger charge is 2.48. The number of nitrogens with zero attached hydrogens (tertiary/aromatic N) is 1. The number of dihydropyridines is 1. The van der Waals surface area contributed by atoms with Crippen LogP contribution in [0, 0.1) is 12.3 Å². The van der Waals surface area contributed by atoms with E-state index in [1.807, 2.05) is 0 Å². The van der Waals surface area contributed by atoms with Gasteiger partial charge < -0.3 is 23.7 Å². The van der Waals surface area contributed by atoms with Gasteiger partial charge >= 0.3 is 0 Å². The summed E-state index contributed by atoms with van der Waals surface area (Å²) < 4.78 is 26.9. The summed E-state index contributed by atoms with van der Waals surface area (Å²) in [5.74, 6) is 1.16. The summed E-state index contributed by atoms with van der Waals surface area (Å²) in [6.45, 7) is 1.80. The zero-order valence-corrected chi connectivity index (χ0v) is 17.0. The monoisotopic (exact) mass is 397 g/mol. The van der Waals surface area contributed by atoms with Gasteiger partial charge in [-0.15, -0.1) is 0 Å². The van der Waals surface area contributed by atoms with E-state index >= 15 is 0 Å². The highest BCUT2D eigenvalue weighted by atomic mass is 35.5. The molecule has 0 amide bonds. The van der Waals surface area contributed by atoms with Crippen molar-refractivity contribution in [3.05, 3.63) is 29.0 Å². The molecular weight excluding hydrogens is 374 g/mol. The van der Waals surface area contributed by atoms with Crippen molar-refractivity contribution in [3.63, 3.8) is 0 Å². The Kier molecular flexibility index (Phi) is 6.73. The van der Waals surface area contributed by atoms with Gasteiger partial charge in [-0.1, -0.05) is 11.6 Å². The van der Waals surface area contributed by atoms with E-state index in [0.717, 1.165) is 0 Å². The van der Waals surface area contributed by atoms with Crippen molar-refractivity contribution in [2.24, 2.45) is 10.4 Å². The summed E-state index contributed by atoms with van der Waals surface area (Å²) in [4.78, 5) is 17.9. The molecule has 27 heavy (non-hydrogen) atoms. The number of hydrogen-bond donors (Lipinski definition) is 0. The minimum Gasteiger partial charge on any atom is -0.495 e. The summed E-state index contributed by atoms with van der Waals surface area (Å²) in [5, 5.41) is 0. The number of carbonyl (C=O) groups is 1. The van der Waals surface area contributed by atoms with Crippen molar-refractivity contribution >= 4 is 23.6 Å². The molecule has 7 nitrogen and oxygen atoms in total. The van der Waals surface area contributed by atoms with Gasteiger partial charge in [-0.3, -0.25) is 9.79 Å². The molecule has 1 aliphatic heterocycles. The summed E-state index contributed by atoms with van der Waals surface area (Å²) in [5.41, 5.74) is -1.17. The van der Waals surface area contributed by atoms with Gasteiger partial charge in [0.05, 0.1) is 46.8 Å². The first kappa shape index (κ1) is 21.1. The van der Waals surface area contributed by atoms with Crippen LogP contribution < -0.4 is 14.2 Å². The molecule has 2 unspecified atom stereocenters. The molecule has 1 aromatic carbocycles. The highest BCUT2D eigenvalue weighted by Crippen LogP contribution is 2.46. The average Bonchev–Trinajstić information content (AvgIpc) is 2.68. The third-order valence-corrected chi connectivity index (χ3v) is 4.96. The van der Waals surface area contributed by atoms with Crippen molar-refractivity contribution in [3.8, 4) is 17.2 Å². The van der Waals surface area contributed by atoms with E-state index in [2.05, 4.69) is 4.99 Å². The van der Waals surface area contributed by atoms with E-state index in [1.54, 1.807) is 19.1 Å². The second kappa shape index (κ2) is 8.63. The summed E-state index contributed by atoms with van der Waals surface area (Å²) in [6.07, 6.45) is 3.12. The van der Waals surface area contributed by atoms with E-state index in [9.17, 15) is 4.79 Å². The lowest BCUT2D eigenvalue weighted by molar-refractivity contribution is 0.0634. The maximum atomic E-state index is 13.7. The molecule has 0 spiro atoms. The average molecular weight is 398 g/mol. The minimum atomic E-state index is -1.27. The third kappa shape index (κ3) is 3.61. The fraction of sp³-hybridized carbons (Fsp3) is 0.474. The molecular formula is C19H24ClNO6. The second-order valence-electron chi connectivity index (χ2n) is 6.00. The Morgan fingerprint density at radius 1 is 1.11 bits per heavy atom. The molecule has 1 aliphatic rings. The summed E-state index contributed by atoms with van der Waals surface area (Å²) >= 11 is 6.47. The fourth-order valence-electron chi connectivity index (χ4n) is 3.13. The Bertz CT molecular complexity index is 776. The molecule has 0 saturated heterocycles. The van der Waals surface area contributed by atoms with Gasteiger partial charge in [0.2, 0.25) is 5.75 Å². The smallest absolute Gasteiger partial charge is 0.204 e.